The van der Waals surface area contributed by atoms with Gasteiger partial charge in [-0.3, -0.25) is 18.7 Å². The Morgan fingerprint density at radius 2 is 1.71 bits per heavy atom. The second-order valence-corrected chi connectivity index (χ2v) is 8.16. The Kier molecular flexibility index (Phi) is 6.01. The van der Waals surface area contributed by atoms with Crippen LogP contribution >= 0.6 is 27.5 Å². The summed E-state index contributed by atoms with van der Waals surface area (Å²) in [5.41, 5.74) is 0.637. The lowest BCUT2D eigenvalue weighted by Gasteiger charge is -2.14. The van der Waals surface area contributed by atoms with Gasteiger partial charge in [0.1, 0.15) is 6.54 Å². The van der Waals surface area contributed by atoms with E-state index in [4.69, 9.17) is 11.6 Å². The summed E-state index contributed by atoms with van der Waals surface area (Å²) < 4.78 is 3.22. The zero-order chi connectivity index (χ0) is 22.0. The molecule has 7 nitrogen and oxygen atoms in total. The summed E-state index contributed by atoms with van der Waals surface area (Å²) in [5, 5.41) is 3.31. The van der Waals surface area contributed by atoms with Gasteiger partial charge in [-0.25, -0.2) is 9.78 Å². The van der Waals surface area contributed by atoms with Crippen molar-refractivity contribution >= 4 is 50.2 Å². The van der Waals surface area contributed by atoms with Gasteiger partial charge in [0, 0.05) is 21.4 Å². The highest BCUT2D eigenvalue weighted by molar-refractivity contribution is 9.10. The number of fused-ring (bicyclic) bond motifs is 1. The number of amides is 1. The molecule has 4 rings (SSSR count). The average molecular weight is 500 g/mol. The van der Waals surface area contributed by atoms with Crippen molar-refractivity contribution in [2.24, 2.45) is 0 Å². The van der Waals surface area contributed by atoms with E-state index < -0.39 is 17.2 Å². The normalized spacial score (nSPS) is 10.9. The Morgan fingerprint density at radius 3 is 2.42 bits per heavy atom. The van der Waals surface area contributed by atoms with Gasteiger partial charge in [0.2, 0.25) is 5.91 Å². The van der Waals surface area contributed by atoms with Crippen LogP contribution in [-0.4, -0.2) is 20.0 Å². The summed E-state index contributed by atoms with van der Waals surface area (Å²) in [4.78, 5) is 42.9. The molecule has 2 heterocycles. The summed E-state index contributed by atoms with van der Waals surface area (Å²) in [6, 6.07) is 17.1. The second-order valence-electron chi connectivity index (χ2n) is 6.81. The summed E-state index contributed by atoms with van der Waals surface area (Å²) in [7, 11) is 0. The van der Waals surface area contributed by atoms with Gasteiger partial charge in [-0.1, -0.05) is 39.7 Å². The molecule has 9 heteroatoms. The average Bonchev–Trinajstić information content (AvgIpc) is 2.77. The van der Waals surface area contributed by atoms with E-state index in [1.807, 2.05) is 0 Å². The standard InChI is InChI=1S/C22H16BrClN4O3/c23-15-5-9-17(10-6-15)26-19(29)13-27-18-2-1-11-25-20(18)21(30)28(22(27)31)12-14-3-7-16(24)8-4-14/h1-11H,12-13H2,(H,26,29). The van der Waals surface area contributed by atoms with Gasteiger partial charge in [-0.2, -0.15) is 0 Å². The first-order valence-corrected chi connectivity index (χ1v) is 10.5. The fourth-order valence-electron chi connectivity index (χ4n) is 3.18. The molecule has 0 saturated carbocycles. The minimum absolute atomic E-state index is 0.0374. The van der Waals surface area contributed by atoms with Crippen LogP contribution in [-0.2, 0) is 17.9 Å². The van der Waals surface area contributed by atoms with Gasteiger partial charge < -0.3 is 5.32 Å². The van der Waals surface area contributed by atoms with E-state index in [0.29, 0.717) is 16.2 Å². The predicted molar refractivity (Wildman–Crippen MR) is 124 cm³/mol. The molecule has 0 saturated heterocycles. The Balaban J connectivity index is 1.74. The van der Waals surface area contributed by atoms with Crippen LogP contribution in [0.15, 0.2) is 80.9 Å². The Bertz CT molecular complexity index is 1380. The second kappa shape index (κ2) is 8.87. The van der Waals surface area contributed by atoms with Crippen molar-refractivity contribution in [3.8, 4) is 0 Å². The fraction of sp³-hybridized carbons (Fsp3) is 0.0909. The van der Waals surface area contributed by atoms with E-state index in [9.17, 15) is 14.4 Å². The summed E-state index contributed by atoms with van der Waals surface area (Å²) >= 11 is 9.26. The molecule has 156 valence electrons. The maximum atomic E-state index is 13.2. The number of halogens is 2. The molecule has 0 aliphatic heterocycles. The number of pyridine rings is 1. The third-order valence-corrected chi connectivity index (χ3v) is 5.45. The minimum atomic E-state index is -0.591. The molecule has 0 fully saturated rings. The van der Waals surface area contributed by atoms with Crippen molar-refractivity contribution < 1.29 is 4.79 Å². The Labute approximate surface area is 190 Å². The van der Waals surface area contributed by atoms with E-state index >= 15 is 0 Å². The number of carbonyl (C=O) groups is 1. The van der Waals surface area contributed by atoms with Crippen LogP contribution in [0, 0.1) is 0 Å². The number of nitrogens with one attached hydrogen (secondary N) is 1. The van der Waals surface area contributed by atoms with E-state index in [2.05, 4.69) is 26.2 Å². The van der Waals surface area contributed by atoms with Crippen molar-refractivity contribution in [2.45, 2.75) is 13.1 Å². The molecule has 2 aromatic heterocycles. The number of carbonyl (C=O) groups excluding carboxylic acids is 1. The lowest BCUT2D eigenvalue weighted by Crippen LogP contribution is -2.42. The SMILES string of the molecule is O=C(Cn1c(=O)n(Cc2ccc(Cl)cc2)c(=O)c2ncccc21)Nc1ccc(Br)cc1. The highest BCUT2D eigenvalue weighted by Gasteiger charge is 2.16. The van der Waals surface area contributed by atoms with Crippen molar-refractivity contribution in [1.29, 1.82) is 0 Å². The first-order chi connectivity index (χ1) is 14.9. The van der Waals surface area contributed by atoms with Crippen molar-refractivity contribution in [2.75, 3.05) is 5.32 Å². The van der Waals surface area contributed by atoms with Crippen molar-refractivity contribution in [1.82, 2.24) is 14.1 Å². The van der Waals surface area contributed by atoms with E-state index in [1.165, 1.54) is 10.8 Å². The van der Waals surface area contributed by atoms with Gasteiger partial charge in [0.25, 0.3) is 5.56 Å². The van der Waals surface area contributed by atoms with Crippen LogP contribution in [0.2, 0.25) is 5.02 Å². The van der Waals surface area contributed by atoms with E-state index in [0.717, 1.165) is 14.6 Å². The number of rotatable bonds is 5. The minimum Gasteiger partial charge on any atom is -0.325 e. The fourth-order valence-corrected chi connectivity index (χ4v) is 3.58. The number of hydrogen-bond donors (Lipinski definition) is 1. The number of anilines is 1. The van der Waals surface area contributed by atoms with Crippen molar-refractivity contribution in [3.05, 3.63) is 103 Å². The molecule has 0 atom stereocenters. The lowest BCUT2D eigenvalue weighted by atomic mass is 10.2. The molecule has 0 aliphatic rings. The summed E-state index contributed by atoms with van der Waals surface area (Å²) in [6.45, 7) is -0.229. The molecule has 4 aromatic rings. The smallest absolute Gasteiger partial charge is 0.325 e. The monoisotopic (exact) mass is 498 g/mol. The zero-order valence-electron chi connectivity index (χ0n) is 16.1. The lowest BCUT2D eigenvalue weighted by molar-refractivity contribution is -0.116. The summed E-state index contributed by atoms with van der Waals surface area (Å²) in [6.07, 6.45) is 1.48. The van der Waals surface area contributed by atoms with Crippen LogP contribution < -0.4 is 16.6 Å². The topological polar surface area (TPSA) is 86.0 Å². The molecule has 1 amide bonds. The largest absolute Gasteiger partial charge is 0.332 e. The Hall–Kier alpha value is -3.23. The molecule has 0 spiro atoms. The van der Waals surface area contributed by atoms with Crippen LogP contribution in [0.4, 0.5) is 5.69 Å². The molecule has 2 aromatic carbocycles. The quantitative estimate of drug-likeness (QED) is 0.454. The van der Waals surface area contributed by atoms with Crippen LogP contribution in [0.5, 0.6) is 0 Å². The third kappa shape index (κ3) is 4.60. The first kappa shape index (κ1) is 21.0. The highest BCUT2D eigenvalue weighted by atomic mass is 79.9. The molecule has 31 heavy (non-hydrogen) atoms. The number of hydrogen-bond acceptors (Lipinski definition) is 4. The van der Waals surface area contributed by atoms with Gasteiger partial charge in [0.05, 0.1) is 12.1 Å². The molecule has 1 N–H and O–H groups in total. The first-order valence-electron chi connectivity index (χ1n) is 9.30. The van der Waals surface area contributed by atoms with Crippen LogP contribution in [0.25, 0.3) is 11.0 Å². The summed E-state index contributed by atoms with van der Waals surface area (Å²) in [5.74, 6) is -0.397. The zero-order valence-corrected chi connectivity index (χ0v) is 18.4. The van der Waals surface area contributed by atoms with Crippen LogP contribution in [0.1, 0.15) is 5.56 Å². The molecular formula is C22H16BrClN4O3. The third-order valence-electron chi connectivity index (χ3n) is 4.67. The molecule has 0 aliphatic carbocycles. The van der Waals surface area contributed by atoms with Gasteiger partial charge in [-0.05, 0) is 54.1 Å². The van der Waals surface area contributed by atoms with Crippen molar-refractivity contribution in [3.63, 3.8) is 0 Å². The molecule has 0 radical (unpaired) electrons. The molecule has 0 bridgehead atoms. The number of benzene rings is 2. The van der Waals surface area contributed by atoms with Gasteiger partial charge in [0.15, 0.2) is 5.52 Å². The predicted octanol–water partition coefficient (Wildman–Crippen LogP) is 3.66. The van der Waals surface area contributed by atoms with Gasteiger partial charge >= 0.3 is 5.69 Å². The maximum absolute atomic E-state index is 13.2. The van der Waals surface area contributed by atoms with Gasteiger partial charge in [-0.15, -0.1) is 0 Å². The maximum Gasteiger partial charge on any atom is 0.332 e. The van der Waals surface area contributed by atoms with E-state index in [1.54, 1.807) is 60.7 Å². The molecule has 0 unspecified atom stereocenters. The number of nitrogens with zero attached hydrogens (tertiary/aromatic N) is 3. The number of aromatic nitrogens is 3. The Morgan fingerprint density at radius 1 is 1.00 bits per heavy atom. The highest BCUT2D eigenvalue weighted by Crippen LogP contribution is 2.14. The van der Waals surface area contributed by atoms with Crippen LogP contribution in [0.3, 0.4) is 0 Å². The van der Waals surface area contributed by atoms with E-state index in [-0.39, 0.29) is 18.6 Å². The molecular weight excluding hydrogens is 484 g/mol.